The summed E-state index contributed by atoms with van der Waals surface area (Å²) in [5, 5.41) is 5.09. The molecule has 0 aliphatic carbocycles. The first kappa shape index (κ1) is 23.6. The third-order valence-electron chi connectivity index (χ3n) is 4.23. The third kappa shape index (κ3) is 6.46. The van der Waals surface area contributed by atoms with E-state index in [1.54, 1.807) is 23.2 Å². The topological polar surface area (TPSA) is 66.5 Å². The number of carbonyl (C=O) groups is 1. The summed E-state index contributed by atoms with van der Waals surface area (Å²) in [7, 11) is -3.95. The van der Waals surface area contributed by atoms with E-state index in [1.165, 1.54) is 18.2 Å². The van der Waals surface area contributed by atoms with Crippen LogP contribution in [0, 0.1) is 5.82 Å². The van der Waals surface area contributed by atoms with E-state index in [-0.39, 0.29) is 9.90 Å². The Hall–Kier alpha value is -2.07. The van der Waals surface area contributed by atoms with Gasteiger partial charge >= 0.3 is 0 Å². The molecule has 1 N–H and O–H groups in total. The second-order valence-electron chi connectivity index (χ2n) is 6.41. The number of rotatable bonds is 10. The molecule has 1 amide bonds. The number of anilines is 1. The molecular weight excluding hydrogens is 479 g/mol. The van der Waals surface area contributed by atoms with Crippen molar-refractivity contribution in [3.05, 3.63) is 82.4 Å². The molecule has 2 aromatic carbocycles. The van der Waals surface area contributed by atoms with Crippen molar-refractivity contribution < 1.29 is 17.6 Å². The van der Waals surface area contributed by atoms with Gasteiger partial charge in [0.1, 0.15) is 16.6 Å². The van der Waals surface area contributed by atoms with Crippen LogP contribution < -0.4 is 9.62 Å². The van der Waals surface area contributed by atoms with E-state index >= 15 is 0 Å². The van der Waals surface area contributed by atoms with Crippen LogP contribution in [0.4, 0.5) is 10.1 Å². The number of benzene rings is 2. The number of sulfonamides is 1. The second-order valence-corrected chi connectivity index (χ2v) is 11.0. The fraction of sp³-hybridized carbons (Fsp3) is 0.190. The summed E-state index contributed by atoms with van der Waals surface area (Å²) in [5.41, 5.74) is 1.24. The highest BCUT2D eigenvalue weighted by atomic mass is 35.5. The number of carbonyl (C=O) groups excluding carboxylic acids is 1. The minimum Gasteiger partial charge on any atom is -0.354 e. The summed E-state index contributed by atoms with van der Waals surface area (Å²) in [5.74, 6) is 0.426. The Balaban J connectivity index is 1.59. The van der Waals surface area contributed by atoms with Gasteiger partial charge in [0.25, 0.3) is 10.0 Å². The molecule has 0 unspecified atom stereocenters. The van der Waals surface area contributed by atoms with Crippen LogP contribution >= 0.6 is 34.7 Å². The summed E-state index contributed by atoms with van der Waals surface area (Å²) >= 11 is 8.80. The molecule has 0 fully saturated rings. The number of nitrogens with one attached hydrogen (secondary N) is 1. The molecule has 0 spiro atoms. The predicted molar refractivity (Wildman–Crippen MR) is 126 cm³/mol. The number of amides is 1. The molecule has 0 atom stereocenters. The maximum Gasteiger partial charge on any atom is 0.274 e. The Morgan fingerprint density at radius 3 is 2.52 bits per heavy atom. The van der Waals surface area contributed by atoms with E-state index in [4.69, 9.17) is 11.6 Å². The smallest absolute Gasteiger partial charge is 0.274 e. The van der Waals surface area contributed by atoms with Crippen LogP contribution in [0.5, 0.6) is 0 Å². The summed E-state index contributed by atoms with van der Waals surface area (Å²) in [6, 6.07) is 15.7. The number of hydrogen-bond acceptors (Lipinski definition) is 5. The second kappa shape index (κ2) is 11.0. The predicted octanol–water partition coefficient (Wildman–Crippen LogP) is 4.79. The zero-order valence-electron chi connectivity index (χ0n) is 16.3. The van der Waals surface area contributed by atoms with Gasteiger partial charge in [-0.05, 0) is 47.3 Å². The van der Waals surface area contributed by atoms with Crippen molar-refractivity contribution in [2.24, 2.45) is 0 Å². The van der Waals surface area contributed by atoms with Crippen LogP contribution in [0.25, 0.3) is 0 Å². The Kier molecular flexibility index (Phi) is 8.36. The summed E-state index contributed by atoms with van der Waals surface area (Å²) in [6.45, 7) is -0.0225. The van der Waals surface area contributed by atoms with Crippen molar-refractivity contribution in [2.75, 3.05) is 23.1 Å². The first-order valence-electron chi connectivity index (χ1n) is 9.27. The van der Waals surface area contributed by atoms with Gasteiger partial charge in [-0.25, -0.2) is 12.8 Å². The molecule has 0 bridgehead atoms. The van der Waals surface area contributed by atoms with E-state index in [0.717, 1.165) is 33.3 Å². The summed E-state index contributed by atoms with van der Waals surface area (Å²) in [6.07, 6.45) is 0. The molecule has 3 aromatic rings. The van der Waals surface area contributed by atoms with Gasteiger partial charge in [0.2, 0.25) is 5.91 Å². The van der Waals surface area contributed by atoms with Crippen molar-refractivity contribution in [3.8, 4) is 0 Å². The van der Waals surface area contributed by atoms with Crippen molar-refractivity contribution in [1.29, 1.82) is 0 Å². The first-order chi connectivity index (χ1) is 14.9. The lowest BCUT2D eigenvalue weighted by molar-refractivity contribution is -0.119. The van der Waals surface area contributed by atoms with Crippen molar-refractivity contribution >= 4 is 56.3 Å². The largest absolute Gasteiger partial charge is 0.354 e. The lowest BCUT2D eigenvalue weighted by Gasteiger charge is -2.23. The Bertz CT molecular complexity index is 1110. The Labute approximate surface area is 194 Å². The zero-order valence-corrected chi connectivity index (χ0v) is 19.5. The molecule has 0 aliphatic heterocycles. The highest BCUT2D eigenvalue weighted by Gasteiger charge is 2.28. The van der Waals surface area contributed by atoms with E-state index in [9.17, 15) is 17.6 Å². The standard InChI is InChI=1S/C21H20ClFN2O3S3/c22-19-5-2-1-4-16(19)15-29-13-11-24-20(26)14-25(18-9-7-17(23)8-10-18)31(27,28)21-6-3-12-30-21/h1-10,12H,11,13-15H2,(H,24,26). The molecule has 0 radical (unpaired) electrons. The summed E-state index contributed by atoms with van der Waals surface area (Å²) < 4.78 is 40.5. The average Bonchev–Trinajstić information content (AvgIpc) is 3.30. The highest BCUT2D eigenvalue weighted by Crippen LogP contribution is 2.26. The lowest BCUT2D eigenvalue weighted by Crippen LogP contribution is -2.41. The van der Waals surface area contributed by atoms with Gasteiger partial charge in [0, 0.05) is 23.1 Å². The maximum atomic E-state index is 13.3. The molecule has 1 aromatic heterocycles. The van der Waals surface area contributed by atoms with Crippen LogP contribution in [-0.2, 0) is 20.6 Å². The Morgan fingerprint density at radius 2 is 1.84 bits per heavy atom. The molecular formula is C21H20ClFN2O3S3. The van der Waals surface area contributed by atoms with Gasteiger partial charge in [-0.15, -0.1) is 11.3 Å². The van der Waals surface area contributed by atoms with E-state index in [0.29, 0.717) is 23.1 Å². The van der Waals surface area contributed by atoms with Gasteiger partial charge in [-0.2, -0.15) is 11.8 Å². The van der Waals surface area contributed by atoms with Crippen molar-refractivity contribution in [3.63, 3.8) is 0 Å². The quantitative estimate of drug-likeness (QED) is 0.408. The van der Waals surface area contributed by atoms with Crippen LogP contribution in [0.15, 0.2) is 70.3 Å². The van der Waals surface area contributed by atoms with Gasteiger partial charge < -0.3 is 5.32 Å². The lowest BCUT2D eigenvalue weighted by atomic mass is 10.2. The van der Waals surface area contributed by atoms with E-state index in [1.807, 2.05) is 24.3 Å². The highest BCUT2D eigenvalue weighted by molar-refractivity contribution is 7.98. The zero-order chi connectivity index (χ0) is 22.3. The molecule has 3 rings (SSSR count). The van der Waals surface area contributed by atoms with Crippen LogP contribution in [-0.4, -0.2) is 33.2 Å². The van der Waals surface area contributed by atoms with E-state index < -0.39 is 28.3 Å². The monoisotopic (exact) mass is 498 g/mol. The molecule has 0 aliphatic rings. The minimum atomic E-state index is -3.95. The fourth-order valence-corrected chi connectivity index (χ4v) is 6.36. The SMILES string of the molecule is O=C(CN(c1ccc(F)cc1)S(=O)(=O)c1cccs1)NCCSCc1ccccc1Cl. The number of nitrogens with zero attached hydrogens (tertiary/aromatic N) is 1. The molecule has 164 valence electrons. The summed E-state index contributed by atoms with van der Waals surface area (Å²) in [4.78, 5) is 12.5. The molecule has 10 heteroatoms. The van der Waals surface area contributed by atoms with Gasteiger partial charge in [0.05, 0.1) is 5.69 Å². The van der Waals surface area contributed by atoms with Gasteiger partial charge in [-0.3, -0.25) is 9.10 Å². The molecule has 0 saturated heterocycles. The normalized spacial score (nSPS) is 11.3. The third-order valence-corrected chi connectivity index (χ3v) is 8.75. The van der Waals surface area contributed by atoms with Gasteiger partial charge in [0.15, 0.2) is 0 Å². The molecule has 1 heterocycles. The van der Waals surface area contributed by atoms with Crippen molar-refractivity contribution in [1.82, 2.24) is 5.32 Å². The molecule has 5 nitrogen and oxygen atoms in total. The average molecular weight is 499 g/mol. The van der Waals surface area contributed by atoms with Crippen LogP contribution in [0.2, 0.25) is 5.02 Å². The molecule has 0 saturated carbocycles. The minimum absolute atomic E-state index is 0.111. The fourth-order valence-electron chi connectivity index (χ4n) is 2.69. The Morgan fingerprint density at radius 1 is 1.10 bits per heavy atom. The number of thioether (sulfide) groups is 1. The first-order valence-corrected chi connectivity index (χ1v) is 13.1. The van der Waals surface area contributed by atoms with Crippen molar-refractivity contribution in [2.45, 2.75) is 9.96 Å². The van der Waals surface area contributed by atoms with Crippen LogP contribution in [0.1, 0.15) is 5.56 Å². The number of hydrogen-bond donors (Lipinski definition) is 1. The maximum absolute atomic E-state index is 13.3. The number of thiophene rings is 1. The number of halogens is 2. The van der Waals surface area contributed by atoms with Crippen LogP contribution in [0.3, 0.4) is 0 Å². The van der Waals surface area contributed by atoms with Gasteiger partial charge in [-0.1, -0.05) is 35.9 Å². The van der Waals surface area contributed by atoms with E-state index in [2.05, 4.69) is 5.32 Å². The molecule has 31 heavy (non-hydrogen) atoms.